The summed E-state index contributed by atoms with van der Waals surface area (Å²) in [6.45, 7) is 9.33. The Balaban J connectivity index is 2.12. The van der Waals surface area contributed by atoms with Crippen LogP contribution in [-0.2, 0) is 13.2 Å². The molecule has 0 unspecified atom stereocenters. The predicted octanol–water partition coefficient (Wildman–Crippen LogP) is 3.41. The lowest BCUT2D eigenvalue weighted by Crippen LogP contribution is -1.98. The largest absolute Gasteiger partial charge is 0.486 e. The molecule has 0 aliphatic heterocycles. The van der Waals surface area contributed by atoms with Gasteiger partial charge in [-0.15, -0.1) is 11.3 Å². The van der Waals surface area contributed by atoms with Crippen LogP contribution < -0.4 is 10.5 Å². The molecule has 1 aromatic carbocycles. The second-order valence-electron chi connectivity index (χ2n) is 4.81. The van der Waals surface area contributed by atoms with Gasteiger partial charge in [0.15, 0.2) is 0 Å². The van der Waals surface area contributed by atoms with Crippen molar-refractivity contribution in [2.24, 2.45) is 5.73 Å². The van der Waals surface area contributed by atoms with Crippen molar-refractivity contribution in [2.75, 3.05) is 0 Å². The Hall–Kier alpha value is -1.39. The van der Waals surface area contributed by atoms with Crippen molar-refractivity contribution in [3.05, 3.63) is 44.4 Å². The Bertz CT molecular complexity index is 590. The van der Waals surface area contributed by atoms with Gasteiger partial charge in [-0.2, -0.15) is 0 Å². The van der Waals surface area contributed by atoms with E-state index in [1.807, 2.05) is 6.92 Å². The number of thiazole rings is 1. The maximum Gasteiger partial charge on any atom is 0.140 e. The van der Waals surface area contributed by atoms with Crippen LogP contribution >= 0.6 is 11.3 Å². The average molecular weight is 276 g/mol. The molecule has 102 valence electrons. The van der Waals surface area contributed by atoms with E-state index >= 15 is 0 Å². The minimum absolute atomic E-state index is 0.509. The molecule has 0 fully saturated rings. The molecule has 0 saturated heterocycles. The van der Waals surface area contributed by atoms with Gasteiger partial charge in [0.05, 0.1) is 5.69 Å². The highest BCUT2D eigenvalue weighted by atomic mass is 32.1. The van der Waals surface area contributed by atoms with Gasteiger partial charge in [-0.3, -0.25) is 0 Å². The Morgan fingerprint density at radius 2 is 1.79 bits per heavy atom. The first-order chi connectivity index (χ1) is 9.01. The third-order valence-corrected chi connectivity index (χ3v) is 4.42. The highest BCUT2D eigenvalue weighted by Gasteiger charge is 2.08. The molecular formula is C15H20N2OS. The highest BCUT2D eigenvalue weighted by Crippen LogP contribution is 2.24. The van der Waals surface area contributed by atoms with Crippen molar-refractivity contribution >= 4 is 11.3 Å². The fraction of sp³-hybridized carbons (Fsp3) is 0.400. The molecule has 0 aliphatic carbocycles. The standard InChI is InChI=1S/C15H20N2OS/c1-9-5-11(3)13(6-10(9)2)18-8-15-17-12(4)14(7-16)19-15/h5-6H,7-8,16H2,1-4H3. The van der Waals surface area contributed by atoms with Crippen LogP contribution in [0.15, 0.2) is 12.1 Å². The van der Waals surface area contributed by atoms with Crippen LogP contribution in [0, 0.1) is 27.7 Å². The summed E-state index contributed by atoms with van der Waals surface area (Å²) in [6.07, 6.45) is 0. The average Bonchev–Trinajstić information content (AvgIpc) is 2.73. The Morgan fingerprint density at radius 3 is 2.42 bits per heavy atom. The Labute approximate surface area is 118 Å². The molecule has 4 heteroatoms. The van der Waals surface area contributed by atoms with Crippen molar-refractivity contribution in [3.63, 3.8) is 0 Å². The SMILES string of the molecule is Cc1cc(C)c(OCc2nc(C)c(CN)s2)cc1C. The van der Waals surface area contributed by atoms with Gasteiger partial charge in [0.2, 0.25) is 0 Å². The van der Waals surface area contributed by atoms with Gasteiger partial charge < -0.3 is 10.5 Å². The number of nitrogens with two attached hydrogens (primary N) is 1. The zero-order valence-electron chi connectivity index (χ0n) is 11.9. The summed E-state index contributed by atoms with van der Waals surface area (Å²) in [4.78, 5) is 5.61. The summed E-state index contributed by atoms with van der Waals surface area (Å²) < 4.78 is 5.88. The van der Waals surface area contributed by atoms with E-state index in [2.05, 4.69) is 37.9 Å². The minimum atomic E-state index is 0.509. The molecule has 19 heavy (non-hydrogen) atoms. The number of hydrogen-bond acceptors (Lipinski definition) is 4. The van der Waals surface area contributed by atoms with Gasteiger partial charge in [-0.25, -0.2) is 4.98 Å². The summed E-state index contributed by atoms with van der Waals surface area (Å²) in [5.74, 6) is 0.935. The van der Waals surface area contributed by atoms with Crippen molar-refractivity contribution < 1.29 is 4.74 Å². The number of ether oxygens (including phenoxy) is 1. The number of hydrogen-bond donors (Lipinski definition) is 1. The normalized spacial score (nSPS) is 10.8. The molecule has 2 N–H and O–H groups in total. The van der Waals surface area contributed by atoms with E-state index in [9.17, 15) is 0 Å². The molecule has 0 spiro atoms. The number of nitrogens with zero attached hydrogens (tertiary/aromatic N) is 1. The molecule has 0 aliphatic rings. The van der Waals surface area contributed by atoms with E-state index in [0.29, 0.717) is 13.2 Å². The van der Waals surface area contributed by atoms with Crippen LogP contribution in [-0.4, -0.2) is 4.98 Å². The number of aryl methyl sites for hydroxylation is 4. The molecule has 3 nitrogen and oxygen atoms in total. The lowest BCUT2D eigenvalue weighted by Gasteiger charge is -2.10. The molecule has 0 atom stereocenters. The lowest BCUT2D eigenvalue weighted by molar-refractivity contribution is 0.303. The zero-order valence-corrected chi connectivity index (χ0v) is 12.7. The third kappa shape index (κ3) is 3.14. The van der Waals surface area contributed by atoms with Crippen LogP contribution in [0.25, 0.3) is 0 Å². The monoisotopic (exact) mass is 276 g/mol. The topological polar surface area (TPSA) is 48.1 Å². The zero-order chi connectivity index (χ0) is 14.0. The number of aromatic nitrogens is 1. The first-order valence-corrected chi connectivity index (χ1v) is 7.18. The molecule has 0 amide bonds. The maximum atomic E-state index is 5.88. The van der Waals surface area contributed by atoms with Crippen LogP contribution in [0.5, 0.6) is 5.75 Å². The number of rotatable bonds is 4. The summed E-state index contributed by atoms with van der Waals surface area (Å²) >= 11 is 1.63. The number of benzene rings is 1. The van der Waals surface area contributed by atoms with Gasteiger partial charge in [-0.05, 0) is 50.5 Å². The van der Waals surface area contributed by atoms with Crippen LogP contribution in [0.3, 0.4) is 0 Å². The lowest BCUT2D eigenvalue weighted by atomic mass is 10.1. The molecular weight excluding hydrogens is 256 g/mol. The fourth-order valence-electron chi connectivity index (χ4n) is 1.97. The smallest absolute Gasteiger partial charge is 0.140 e. The fourth-order valence-corrected chi connectivity index (χ4v) is 2.83. The van der Waals surface area contributed by atoms with Crippen molar-refractivity contribution in [1.82, 2.24) is 4.98 Å². The van der Waals surface area contributed by atoms with Crippen molar-refractivity contribution in [3.8, 4) is 5.75 Å². The third-order valence-electron chi connectivity index (χ3n) is 3.26. The first kappa shape index (κ1) is 14.0. The van der Waals surface area contributed by atoms with E-state index in [-0.39, 0.29) is 0 Å². The van der Waals surface area contributed by atoms with Gasteiger partial charge in [0.1, 0.15) is 17.4 Å². The quantitative estimate of drug-likeness (QED) is 0.931. The van der Waals surface area contributed by atoms with E-state index in [0.717, 1.165) is 26.9 Å². The molecule has 2 aromatic rings. The van der Waals surface area contributed by atoms with Crippen molar-refractivity contribution in [2.45, 2.75) is 40.8 Å². The second kappa shape index (κ2) is 5.72. The van der Waals surface area contributed by atoms with E-state index in [1.165, 1.54) is 11.1 Å². The summed E-state index contributed by atoms with van der Waals surface area (Å²) in [7, 11) is 0. The second-order valence-corrected chi connectivity index (χ2v) is 5.98. The molecule has 1 aromatic heterocycles. The van der Waals surface area contributed by atoms with Crippen LogP contribution in [0.1, 0.15) is 32.3 Å². The first-order valence-electron chi connectivity index (χ1n) is 6.37. The van der Waals surface area contributed by atoms with Gasteiger partial charge in [-0.1, -0.05) is 6.07 Å². The van der Waals surface area contributed by atoms with Gasteiger partial charge >= 0.3 is 0 Å². The van der Waals surface area contributed by atoms with E-state index in [4.69, 9.17) is 10.5 Å². The Kier molecular flexibility index (Phi) is 4.22. The molecule has 2 rings (SSSR count). The summed E-state index contributed by atoms with van der Waals surface area (Å²) in [5.41, 5.74) is 10.4. The maximum absolute atomic E-state index is 5.88. The van der Waals surface area contributed by atoms with E-state index in [1.54, 1.807) is 11.3 Å². The molecule has 0 saturated carbocycles. The molecule has 1 heterocycles. The van der Waals surface area contributed by atoms with Crippen LogP contribution in [0.4, 0.5) is 0 Å². The van der Waals surface area contributed by atoms with Gasteiger partial charge in [0.25, 0.3) is 0 Å². The molecule has 0 bridgehead atoms. The van der Waals surface area contributed by atoms with Gasteiger partial charge in [0, 0.05) is 11.4 Å². The highest BCUT2D eigenvalue weighted by molar-refractivity contribution is 7.11. The summed E-state index contributed by atoms with van der Waals surface area (Å²) in [5, 5.41) is 0.982. The van der Waals surface area contributed by atoms with Crippen LogP contribution in [0.2, 0.25) is 0 Å². The van der Waals surface area contributed by atoms with E-state index < -0.39 is 0 Å². The minimum Gasteiger partial charge on any atom is -0.486 e. The van der Waals surface area contributed by atoms with Crippen molar-refractivity contribution in [1.29, 1.82) is 0 Å². The Morgan fingerprint density at radius 1 is 1.11 bits per heavy atom. The predicted molar refractivity (Wildman–Crippen MR) is 79.7 cm³/mol. The summed E-state index contributed by atoms with van der Waals surface area (Å²) in [6, 6.07) is 4.25. The molecule has 0 radical (unpaired) electrons.